The predicted molar refractivity (Wildman–Crippen MR) is 107 cm³/mol. The number of hydrogen-bond donors (Lipinski definition) is 0. The minimum Gasteiger partial charge on any atom is -0.420 e. The third-order valence-corrected chi connectivity index (χ3v) is 6.83. The Bertz CT molecular complexity index is 1050. The van der Waals surface area contributed by atoms with E-state index in [2.05, 4.69) is 10.2 Å². The van der Waals surface area contributed by atoms with Crippen LogP contribution in [0, 0.1) is 0 Å². The third-order valence-electron chi connectivity index (χ3n) is 4.95. The largest absolute Gasteiger partial charge is 0.420 e. The molecule has 0 radical (unpaired) electrons. The van der Waals surface area contributed by atoms with Crippen LogP contribution in [0.4, 0.5) is 5.69 Å². The summed E-state index contributed by atoms with van der Waals surface area (Å²) in [5, 5.41) is 8.33. The van der Waals surface area contributed by atoms with Gasteiger partial charge in [0.15, 0.2) is 0 Å². The van der Waals surface area contributed by atoms with E-state index in [4.69, 9.17) is 4.42 Å². The highest BCUT2D eigenvalue weighted by Crippen LogP contribution is 2.32. The quantitative estimate of drug-likeness (QED) is 0.657. The van der Waals surface area contributed by atoms with Crippen LogP contribution in [0.15, 0.2) is 63.9 Å². The molecule has 0 saturated carbocycles. The molecule has 1 fully saturated rings. The SMILES string of the molecule is CN(C)c1ccc(-c2nnc(C3CCN(S(=O)(=O)c4ccccc4)C3)o2)cc1. The first-order valence-electron chi connectivity index (χ1n) is 9.11. The molecule has 2 heterocycles. The first-order valence-corrected chi connectivity index (χ1v) is 10.6. The molecule has 28 heavy (non-hydrogen) atoms. The molecule has 0 amide bonds. The number of benzene rings is 2. The number of sulfonamides is 1. The van der Waals surface area contributed by atoms with Gasteiger partial charge in [0, 0.05) is 38.4 Å². The van der Waals surface area contributed by atoms with Crippen molar-refractivity contribution in [2.24, 2.45) is 0 Å². The van der Waals surface area contributed by atoms with Crippen molar-refractivity contribution in [3.8, 4) is 11.5 Å². The zero-order valence-corrected chi connectivity index (χ0v) is 16.6. The van der Waals surface area contributed by atoms with E-state index >= 15 is 0 Å². The van der Waals surface area contributed by atoms with E-state index in [1.165, 1.54) is 4.31 Å². The summed E-state index contributed by atoms with van der Waals surface area (Å²) >= 11 is 0. The Balaban J connectivity index is 1.49. The Kier molecular flexibility index (Phi) is 4.91. The van der Waals surface area contributed by atoms with Crippen molar-refractivity contribution < 1.29 is 12.8 Å². The van der Waals surface area contributed by atoms with Crippen LogP contribution in [0.5, 0.6) is 0 Å². The van der Waals surface area contributed by atoms with Crippen molar-refractivity contribution in [2.75, 3.05) is 32.1 Å². The molecule has 0 bridgehead atoms. The predicted octanol–water partition coefficient (Wildman–Crippen LogP) is 2.98. The van der Waals surface area contributed by atoms with E-state index in [0.29, 0.717) is 36.2 Å². The van der Waals surface area contributed by atoms with Crippen LogP contribution in [-0.4, -0.2) is 50.1 Å². The lowest BCUT2D eigenvalue weighted by molar-refractivity contribution is 0.440. The van der Waals surface area contributed by atoms with Crippen molar-refractivity contribution in [3.63, 3.8) is 0 Å². The van der Waals surface area contributed by atoms with Gasteiger partial charge in [0.2, 0.25) is 21.8 Å². The highest BCUT2D eigenvalue weighted by atomic mass is 32.2. The standard InChI is InChI=1S/C20H22N4O3S/c1-23(2)17-10-8-15(9-11-17)19-21-22-20(27-19)16-12-13-24(14-16)28(25,26)18-6-4-3-5-7-18/h3-11,16H,12-14H2,1-2H3. The zero-order chi connectivity index (χ0) is 19.7. The first kappa shape index (κ1) is 18.6. The molecule has 0 N–H and O–H groups in total. The lowest BCUT2D eigenvalue weighted by atomic mass is 10.1. The molecule has 3 aromatic rings. The topological polar surface area (TPSA) is 79.5 Å². The summed E-state index contributed by atoms with van der Waals surface area (Å²) in [6.07, 6.45) is 0.660. The molecular formula is C20H22N4O3S. The average molecular weight is 398 g/mol. The number of anilines is 1. The second-order valence-corrected chi connectivity index (χ2v) is 8.99. The molecule has 1 atom stereocenters. The van der Waals surface area contributed by atoms with Crippen LogP contribution in [0.1, 0.15) is 18.2 Å². The van der Waals surface area contributed by atoms with Crippen molar-refractivity contribution in [2.45, 2.75) is 17.2 Å². The summed E-state index contributed by atoms with van der Waals surface area (Å²) in [4.78, 5) is 2.33. The van der Waals surface area contributed by atoms with E-state index < -0.39 is 10.0 Å². The van der Waals surface area contributed by atoms with Crippen molar-refractivity contribution in [1.29, 1.82) is 0 Å². The second kappa shape index (κ2) is 7.37. The second-order valence-electron chi connectivity index (χ2n) is 7.05. The van der Waals surface area contributed by atoms with Crippen LogP contribution in [0.25, 0.3) is 11.5 Å². The van der Waals surface area contributed by atoms with Gasteiger partial charge in [-0.25, -0.2) is 8.42 Å². The van der Waals surface area contributed by atoms with Gasteiger partial charge in [-0.05, 0) is 42.8 Å². The number of rotatable bonds is 5. The minimum absolute atomic E-state index is 0.0965. The highest BCUT2D eigenvalue weighted by molar-refractivity contribution is 7.89. The number of nitrogens with zero attached hydrogens (tertiary/aromatic N) is 4. The highest BCUT2D eigenvalue weighted by Gasteiger charge is 2.35. The molecule has 0 aliphatic carbocycles. The average Bonchev–Trinajstić information content (AvgIpc) is 3.39. The van der Waals surface area contributed by atoms with Gasteiger partial charge in [0.05, 0.1) is 10.8 Å². The van der Waals surface area contributed by atoms with Gasteiger partial charge in [0.1, 0.15) is 0 Å². The summed E-state index contributed by atoms with van der Waals surface area (Å²) in [6.45, 7) is 0.787. The van der Waals surface area contributed by atoms with Crippen LogP contribution in [0.2, 0.25) is 0 Å². The van der Waals surface area contributed by atoms with Gasteiger partial charge in [-0.3, -0.25) is 0 Å². The molecule has 2 aromatic carbocycles. The Morgan fingerprint density at radius 1 is 1.04 bits per heavy atom. The van der Waals surface area contributed by atoms with Crippen molar-refractivity contribution >= 4 is 15.7 Å². The van der Waals surface area contributed by atoms with Crippen LogP contribution < -0.4 is 4.90 Å². The van der Waals surface area contributed by atoms with Gasteiger partial charge in [0.25, 0.3) is 0 Å². The molecule has 1 aliphatic heterocycles. The molecule has 8 heteroatoms. The number of hydrogen-bond acceptors (Lipinski definition) is 6. The van der Waals surface area contributed by atoms with E-state index in [1.807, 2.05) is 43.3 Å². The Morgan fingerprint density at radius 3 is 2.43 bits per heavy atom. The molecule has 1 aliphatic rings. The Morgan fingerprint density at radius 2 is 1.75 bits per heavy atom. The number of aromatic nitrogens is 2. The first-order chi connectivity index (χ1) is 13.4. The summed E-state index contributed by atoms with van der Waals surface area (Å²) in [7, 11) is 0.464. The third kappa shape index (κ3) is 3.53. The van der Waals surface area contributed by atoms with Crippen LogP contribution >= 0.6 is 0 Å². The molecule has 4 rings (SSSR count). The fourth-order valence-electron chi connectivity index (χ4n) is 3.31. The van der Waals surface area contributed by atoms with E-state index in [-0.39, 0.29) is 5.92 Å². The van der Waals surface area contributed by atoms with E-state index in [1.54, 1.807) is 30.3 Å². The lowest BCUT2D eigenvalue weighted by Gasteiger charge is -2.15. The summed E-state index contributed by atoms with van der Waals surface area (Å²) in [6, 6.07) is 16.3. The Hall–Kier alpha value is -2.71. The van der Waals surface area contributed by atoms with Gasteiger partial charge in [-0.2, -0.15) is 4.31 Å². The smallest absolute Gasteiger partial charge is 0.247 e. The monoisotopic (exact) mass is 398 g/mol. The summed E-state index contributed by atoms with van der Waals surface area (Å²) in [5.74, 6) is 0.836. The van der Waals surface area contributed by atoms with Gasteiger partial charge in [-0.15, -0.1) is 10.2 Å². The zero-order valence-electron chi connectivity index (χ0n) is 15.8. The molecule has 146 valence electrons. The fraction of sp³-hybridized carbons (Fsp3) is 0.300. The lowest BCUT2D eigenvalue weighted by Crippen LogP contribution is -2.28. The van der Waals surface area contributed by atoms with Crippen molar-refractivity contribution in [1.82, 2.24) is 14.5 Å². The molecule has 1 unspecified atom stereocenters. The normalized spacial score (nSPS) is 17.7. The van der Waals surface area contributed by atoms with Gasteiger partial charge < -0.3 is 9.32 Å². The van der Waals surface area contributed by atoms with Gasteiger partial charge >= 0.3 is 0 Å². The van der Waals surface area contributed by atoms with E-state index in [0.717, 1.165) is 11.3 Å². The molecule has 1 aromatic heterocycles. The van der Waals surface area contributed by atoms with E-state index in [9.17, 15) is 8.42 Å². The maximum absolute atomic E-state index is 12.8. The Labute approximate surface area is 164 Å². The minimum atomic E-state index is -3.50. The summed E-state index contributed by atoms with van der Waals surface area (Å²) < 4.78 is 32.9. The fourth-order valence-corrected chi connectivity index (χ4v) is 4.83. The van der Waals surface area contributed by atoms with Gasteiger partial charge in [-0.1, -0.05) is 18.2 Å². The maximum Gasteiger partial charge on any atom is 0.247 e. The van der Waals surface area contributed by atoms with Crippen LogP contribution in [0.3, 0.4) is 0 Å². The maximum atomic E-state index is 12.8. The van der Waals surface area contributed by atoms with Crippen molar-refractivity contribution in [3.05, 3.63) is 60.5 Å². The molecule has 1 saturated heterocycles. The molecular weight excluding hydrogens is 376 g/mol. The molecule has 0 spiro atoms. The summed E-state index contributed by atoms with van der Waals surface area (Å²) in [5.41, 5.74) is 1.93. The van der Waals surface area contributed by atoms with Crippen LogP contribution in [-0.2, 0) is 10.0 Å². The molecule has 7 nitrogen and oxygen atoms in total.